The number of allylic oxidation sites excluding steroid dienone is 2. The van der Waals surface area contributed by atoms with Gasteiger partial charge >= 0.3 is 5.97 Å². The lowest BCUT2D eigenvalue weighted by atomic mass is 9.61. The van der Waals surface area contributed by atoms with E-state index in [2.05, 4.69) is 10.8 Å². The first-order valence-corrected chi connectivity index (χ1v) is 12.6. The molecule has 4 rings (SSSR count). The Morgan fingerprint density at radius 3 is 2.65 bits per heavy atom. The van der Waals surface area contributed by atoms with Crippen molar-refractivity contribution in [1.82, 2.24) is 4.72 Å². The third-order valence-electron chi connectivity index (χ3n) is 6.56. The molecule has 170 valence electrons. The van der Waals surface area contributed by atoms with Crippen LogP contribution in [-0.2, 0) is 14.8 Å². The Balaban J connectivity index is 1.63. The van der Waals surface area contributed by atoms with Crippen LogP contribution in [-0.4, -0.2) is 32.6 Å². The highest BCUT2D eigenvalue weighted by Gasteiger charge is 2.44. The standard InChI is InChI=1S/C24H33NO5S/c1-30-21-8-6-7-18(17-21)15-16-31(28,29)25-24-20-13-11-19(12-14-20)22(24)9-4-2-3-5-10-23(26)27/h2,4,6-8,15-17,19-20,22,24-25H,3,5,9-14H2,1H3,(H,26,27)/b4-2+,16-15+. The van der Waals surface area contributed by atoms with Crippen LogP contribution >= 0.6 is 0 Å². The average molecular weight is 448 g/mol. The first-order chi connectivity index (χ1) is 14.9. The van der Waals surface area contributed by atoms with E-state index in [9.17, 15) is 13.2 Å². The van der Waals surface area contributed by atoms with Crippen LogP contribution in [0.3, 0.4) is 0 Å². The van der Waals surface area contributed by atoms with Crippen molar-refractivity contribution in [2.45, 2.75) is 57.4 Å². The normalized spacial score (nSPS) is 26.0. The molecule has 2 atom stereocenters. The zero-order chi connectivity index (χ0) is 22.3. The second kappa shape index (κ2) is 11.0. The molecule has 2 bridgehead atoms. The van der Waals surface area contributed by atoms with E-state index in [0.717, 1.165) is 31.2 Å². The molecule has 0 spiro atoms. The molecule has 1 aromatic carbocycles. The lowest BCUT2D eigenvalue weighted by Crippen LogP contribution is -2.52. The fourth-order valence-corrected chi connectivity index (χ4v) is 6.14. The molecule has 3 aliphatic rings. The van der Waals surface area contributed by atoms with Crippen molar-refractivity contribution in [3.63, 3.8) is 0 Å². The first kappa shape index (κ1) is 23.5. The summed E-state index contributed by atoms with van der Waals surface area (Å²) < 4.78 is 33.8. The van der Waals surface area contributed by atoms with Crippen molar-refractivity contribution in [2.24, 2.45) is 17.8 Å². The lowest BCUT2D eigenvalue weighted by molar-refractivity contribution is -0.137. The van der Waals surface area contributed by atoms with Gasteiger partial charge in [-0.15, -0.1) is 0 Å². The number of aliphatic carboxylic acids is 1. The molecule has 0 heterocycles. The molecule has 3 fully saturated rings. The number of hydrogen-bond donors (Lipinski definition) is 2. The van der Waals surface area contributed by atoms with Gasteiger partial charge in [0.05, 0.1) is 7.11 Å². The molecule has 6 nitrogen and oxygen atoms in total. The summed E-state index contributed by atoms with van der Waals surface area (Å²) in [5, 5.41) is 9.98. The molecule has 3 aliphatic carbocycles. The molecule has 0 radical (unpaired) electrons. The van der Waals surface area contributed by atoms with Gasteiger partial charge in [-0.3, -0.25) is 4.79 Å². The largest absolute Gasteiger partial charge is 0.497 e. The van der Waals surface area contributed by atoms with E-state index in [4.69, 9.17) is 9.84 Å². The zero-order valence-corrected chi connectivity index (χ0v) is 18.9. The molecule has 7 heteroatoms. The van der Waals surface area contributed by atoms with Gasteiger partial charge in [0.2, 0.25) is 10.0 Å². The molecule has 2 unspecified atom stereocenters. The summed E-state index contributed by atoms with van der Waals surface area (Å²) in [7, 11) is -1.98. The van der Waals surface area contributed by atoms with E-state index in [0.29, 0.717) is 29.9 Å². The van der Waals surface area contributed by atoms with Gasteiger partial charge in [-0.05, 0) is 86.5 Å². The van der Waals surface area contributed by atoms with E-state index in [1.54, 1.807) is 19.3 Å². The SMILES string of the molecule is COc1cccc(/C=C/S(=O)(=O)NC2C3CCC(CC3)C2C/C=C/CCCC(=O)O)c1. The number of fused-ring (bicyclic) bond motifs is 3. The third-order valence-corrected chi connectivity index (χ3v) is 7.66. The zero-order valence-electron chi connectivity index (χ0n) is 18.1. The summed E-state index contributed by atoms with van der Waals surface area (Å²) in [6.45, 7) is 0. The van der Waals surface area contributed by atoms with Crippen LogP contribution in [0.15, 0.2) is 41.8 Å². The smallest absolute Gasteiger partial charge is 0.303 e. The molecule has 0 amide bonds. The number of ether oxygens (including phenoxy) is 1. The van der Waals surface area contributed by atoms with Crippen molar-refractivity contribution in [3.05, 3.63) is 47.4 Å². The fourth-order valence-electron chi connectivity index (χ4n) is 4.98. The summed E-state index contributed by atoms with van der Waals surface area (Å²) in [6, 6.07) is 7.25. The van der Waals surface area contributed by atoms with Crippen LogP contribution in [0.1, 0.15) is 56.9 Å². The highest BCUT2D eigenvalue weighted by molar-refractivity contribution is 7.92. The van der Waals surface area contributed by atoms with Gasteiger partial charge in [0.25, 0.3) is 0 Å². The summed E-state index contributed by atoms with van der Waals surface area (Å²) >= 11 is 0. The molecular weight excluding hydrogens is 414 g/mol. The summed E-state index contributed by atoms with van der Waals surface area (Å²) in [5.74, 6) is 1.14. The average Bonchev–Trinajstić information content (AvgIpc) is 2.76. The van der Waals surface area contributed by atoms with Gasteiger partial charge < -0.3 is 9.84 Å². The maximum atomic E-state index is 12.8. The predicted octanol–water partition coefficient (Wildman–Crippen LogP) is 4.59. The number of carboxylic acids is 1. The minimum Gasteiger partial charge on any atom is -0.497 e. The quantitative estimate of drug-likeness (QED) is 0.382. The topological polar surface area (TPSA) is 92.7 Å². The molecule has 31 heavy (non-hydrogen) atoms. The van der Waals surface area contributed by atoms with Crippen molar-refractivity contribution in [3.8, 4) is 5.75 Å². The number of benzene rings is 1. The lowest BCUT2D eigenvalue weighted by Gasteiger charge is -2.48. The Hall–Kier alpha value is -2.12. The number of carbonyl (C=O) groups is 1. The monoisotopic (exact) mass is 447 g/mol. The summed E-state index contributed by atoms with van der Waals surface area (Å²) in [5.41, 5.74) is 0.774. The Morgan fingerprint density at radius 1 is 1.19 bits per heavy atom. The number of unbranched alkanes of at least 4 members (excludes halogenated alkanes) is 1. The highest BCUT2D eigenvalue weighted by Crippen LogP contribution is 2.47. The molecule has 0 aliphatic heterocycles. The minimum atomic E-state index is -3.56. The second-order valence-corrected chi connectivity index (χ2v) is 10.2. The maximum absolute atomic E-state index is 12.8. The predicted molar refractivity (Wildman–Crippen MR) is 122 cm³/mol. The van der Waals surface area contributed by atoms with Gasteiger partial charge in [-0.25, -0.2) is 13.1 Å². The van der Waals surface area contributed by atoms with E-state index in [1.165, 1.54) is 18.2 Å². The molecule has 3 saturated carbocycles. The molecule has 2 N–H and O–H groups in total. The number of hydrogen-bond acceptors (Lipinski definition) is 4. The molecular formula is C24H33NO5S. The number of nitrogens with one attached hydrogen (secondary N) is 1. The van der Waals surface area contributed by atoms with E-state index in [-0.39, 0.29) is 12.5 Å². The van der Waals surface area contributed by atoms with Gasteiger partial charge in [0, 0.05) is 17.9 Å². The summed E-state index contributed by atoms with van der Waals surface area (Å²) in [6.07, 6.45) is 12.6. The van der Waals surface area contributed by atoms with Crippen LogP contribution in [0.25, 0.3) is 6.08 Å². The van der Waals surface area contributed by atoms with Crippen LogP contribution < -0.4 is 9.46 Å². The number of sulfonamides is 1. The molecule has 0 saturated heterocycles. The Bertz CT molecular complexity index is 900. The van der Waals surface area contributed by atoms with Crippen LogP contribution in [0.5, 0.6) is 5.75 Å². The second-order valence-electron chi connectivity index (χ2n) is 8.60. The molecule has 1 aromatic rings. The van der Waals surface area contributed by atoms with Crippen molar-refractivity contribution >= 4 is 22.1 Å². The number of methoxy groups -OCH3 is 1. The van der Waals surface area contributed by atoms with Crippen molar-refractivity contribution in [2.75, 3.05) is 7.11 Å². The van der Waals surface area contributed by atoms with Gasteiger partial charge in [-0.2, -0.15) is 0 Å². The van der Waals surface area contributed by atoms with Crippen LogP contribution in [0.2, 0.25) is 0 Å². The van der Waals surface area contributed by atoms with E-state index >= 15 is 0 Å². The highest BCUT2D eigenvalue weighted by atomic mass is 32.2. The Morgan fingerprint density at radius 2 is 1.94 bits per heavy atom. The number of carboxylic acid groups (broad SMARTS) is 1. The first-order valence-electron chi connectivity index (χ1n) is 11.1. The van der Waals surface area contributed by atoms with E-state index < -0.39 is 16.0 Å². The summed E-state index contributed by atoms with van der Waals surface area (Å²) in [4.78, 5) is 10.6. The molecule has 0 aromatic heterocycles. The van der Waals surface area contributed by atoms with Gasteiger partial charge in [0.15, 0.2) is 0 Å². The minimum absolute atomic E-state index is 0.0453. The number of rotatable bonds is 11. The fraction of sp³-hybridized carbons (Fsp3) is 0.542. The van der Waals surface area contributed by atoms with Crippen LogP contribution in [0, 0.1) is 17.8 Å². The third kappa shape index (κ3) is 6.94. The maximum Gasteiger partial charge on any atom is 0.303 e. The van der Waals surface area contributed by atoms with Crippen molar-refractivity contribution in [1.29, 1.82) is 0 Å². The Kier molecular flexibility index (Phi) is 8.32. The van der Waals surface area contributed by atoms with Crippen molar-refractivity contribution < 1.29 is 23.1 Å². The Labute approximate surface area is 185 Å². The van der Waals surface area contributed by atoms with Crippen LogP contribution in [0.4, 0.5) is 0 Å². The van der Waals surface area contributed by atoms with Gasteiger partial charge in [-0.1, -0.05) is 24.3 Å². The van der Waals surface area contributed by atoms with Gasteiger partial charge in [0.1, 0.15) is 5.75 Å². The van der Waals surface area contributed by atoms with E-state index in [1.807, 2.05) is 24.3 Å².